The number of methoxy groups -OCH3 is 2. The molecule has 1 fully saturated rings. The highest BCUT2D eigenvalue weighted by atomic mass is 16.5. The van der Waals surface area contributed by atoms with Crippen molar-refractivity contribution in [2.24, 2.45) is 0 Å². The number of carbonyl (C=O) groups is 2. The van der Waals surface area contributed by atoms with Crippen LogP contribution < -0.4 is 9.47 Å². The van der Waals surface area contributed by atoms with Gasteiger partial charge >= 0.3 is 5.97 Å². The SMILES string of the molecule is CCOC(=O)c1c(C)[nH]c(C(=O)N2CCN(Cc3cc(OC)c(OC)cc3C)CC2)c1C. The molecule has 32 heavy (non-hydrogen) atoms. The van der Waals surface area contributed by atoms with E-state index in [2.05, 4.69) is 16.8 Å². The van der Waals surface area contributed by atoms with Crippen LogP contribution in [-0.4, -0.2) is 73.7 Å². The fraction of sp³-hybridized carbons (Fsp3) is 0.500. The van der Waals surface area contributed by atoms with Crippen molar-refractivity contribution in [2.75, 3.05) is 47.0 Å². The van der Waals surface area contributed by atoms with Crippen LogP contribution in [0.3, 0.4) is 0 Å². The van der Waals surface area contributed by atoms with Gasteiger partial charge in [0.15, 0.2) is 11.5 Å². The van der Waals surface area contributed by atoms with E-state index in [0.29, 0.717) is 42.2 Å². The van der Waals surface area contributed by atoms with Crippen molar-refractivity contribution in [1.82, 2.24) is 14.8 Å². The Morgan fingerprint density at radius 2 is 1.62 bits per heavy atom. The summed E-state index contributed by atoms with van der Waals surface area (Å²) in [6.45, 7) is 11.3. The van der Waals surface area contributed by atoms with Crippen molar-refractivity contribution >= 4 is 11.9 Å². The predicted octanol–water partition coefficient (Wildman–Crippen LogP) is 3.09. The molecule has 2 aromatic rings. The Hall–Kier alpha value is -3.00. The van der Waals surface area contributed by atoms with Crippen molar-refractivity contribution in [3.8, 4) is 11.5 Å². The van der Waals surface area contributed by atoms with Crippen molar-refractivity contribution in [2.45, 2.75) is 34.2 Å². The highest BCUT2D eigenvalue weighted by molar-refractivity contribution is 6.00. The maximum atomic E-state index is 13.1. The standard InChI is InChI=1S/C24H33N3O5/c1-7-32-24(29)21-16(3)22(25-17(21)4)23(28)27-10-8-26(9-11-27)14-18-13-20(31-6)19(30-5)12-15(18)2/h12-13,25H,7-11,14H2,1-6H3. The molecule has 174 valence electrons. The Balaban J connectivity index is 1.66. The fourth-order valence-electron chi connectivity index (χ4n) is 4.17. The third-order valence-corrected chi connectivity index (χ3v) is 6.03. The molecule has 1 amide bonds. The third-order valence-electron chi connectivity index (χ3n) is 6.03. The maximum Gasteiger partial charge on any atom is 0.340 e. The molecular weight excluding hydrogens is 410 g/mol. The van der Waals surface area contributed by atoms with E-state index in [0.717, 1.165) is 36.7 Å². The van der Waals surface area contributed by atoms with E-state index in [-0.39, 0.29) is 5.91 Å². The highest BCUT2D eigenvalue weighted by Crippen LogP contribution is 2.31. The molecule has 1 aliphatic rings. The third kappa shape index (κ3) is 4.75. The monoisotopic (exact) mass is 443 g/mol. The second-order valence-electron chi connectivity index (χ2n) is 8.05. The molecule has 1 aromatic carbocycles. The number of benzene rings is 1. The second-order valence-corrected chi connectivity index (χ2v) is 8.05. The summed E-state index contributed by atoms with van der Waals surface area (Å²) in [4.78, 5) is 32.6. The van der Waals surface area contributed by atoms with Crippen LogP contribution in [0.25, 0.3) is 0 Å². The average Bonchev–Trinajstić information content (AvgIpc) is 3.08. The lowest BCUT2D eigenvalue weighted by molar-refractivity contribution is 0.0525. The number of aromatic nitrogens is 1. The minimum Gasteiger partial charge on any atom is -0.493 e. The number of amides is 1. The zero-order chi connectivity index (χ0) is 23.4. The molecule has 0 saturated carbocycles. The number of esters is 1. The van der Waals surface area contributed by atoms with E-state index in [1.807, 2.05) is 17.0 Å². The highest BCUT2D eigenvalue weighted by Gasteiger charge is 2.28. The number of aryl methyl sites for hydroxylation is 2. The zero-order valence-electron chi connectivity index (χ0n) is 19.8. The van der Waals surface area contributed by atoms with Crippen LogP contribution in [0.2, 0.25) is 0 Å². The van der Waals surface area contributed by atoms with E-state index >= 15 is 0 Å². The van der Waals surface area contributed by atoms with Crippen molar-refractivity contribution < 1.29 is 23.8 Å². The summed E-state index contributed by atoms with van der Waals surface area (Å²) in [6, 6.07) is 4.01. The largest absolute Gasteiger partial charge is 0.493 e. The van der Waals surface area contributed by atoms with Gasteiger partial charge in [-0.2, -0.15) is 0 Å². The molecule has 0 aliphatic carbocycles. The molecule has 0 atom stereocenters. The van der Waals surface area contributed by atoms with Crippen molar-refractivity contribution in [3.63, 3.8) is 0 Å². The molecule has 0 unspecified atom stereocenters. The summed E-state index contributed by atoms with van der Waals surface area (Å²) in [6.07, 6.45) is 0. The fourth-order valence-corrected chi connectivity index (χ4v) is 4.17. The van der Waals surface area contributed by atoms with E-state index < -0.39 is 5.97 Å². The summed E-state index contributed by atoms with van der Waals surface area (Å²) in [5.74, 6) is 0.968. The number of aromatic amines is 1. The number of H-pyrrole nitrogens is 1. The maximum absolute atomic E-state index is 13.1. The quantitative estimate of drug-likeness (QED) is 0.662. The molecular formula is C24H33N3O5. The average molecular weight is 444 g/mol. The number of carbonyl (C=O) groups excluding carboxylic acids is 2. The van der Waals surface area contributed by atoms with Crippen molar-refractivity contribution in [1.29, 1.82) is 0 Å². The van der Waals surface area contributed by atoms with Gasteiger partial charge in [0, 0.05) is 38.4 Å². The molecule has 8 heteroatoms. The van der Waals surface area contributed by atoms with Gasteiger partial charge < -0.3 is 24.1 Å². The summed E-state index contributed by atoms with van der Waals surface area (Å²) in [5.41, 5.74) is 4.55. The number of rotatable bonds is 7. The number of hydrogen-bond acceptors (Lipinski definition) is 6. The van der Waals surface area contributed by atoms with Crippen LogP contribution in [0.5, 0.6) is 11.5 Å². The lowest BCUT2D eigenvalue weighted by Gasteiger charge is -2.35. The first-order valence-electron chi connectivity index (χ1n) is 10.9. The number of ether oxygens (including phenoxy) is 3. The summed E-state index contributed by atoms with van der Waals surface area (Å²) < 4.78 is 16.0. The van der Waals surface area contributed by atoms with Crippen LogP contribution in [0.15, 0.2) is 12.1 Å². The van der Waals surface area contributed by atoms with Crippen LogP contribution in [-0.2, 0) is 11.3 Å². The molecule has 0 spiro atoms. The lowest BCUT2D eigenvalue weighted by atomic mass is 10.1. The van der Waals surface area contributed by atoms with Crippen LogP contribution in [0.1, 0.15) is 50.2 Å². The minimum absolute atomic E-state index is 0.0805. The number of piperazine rings is 1. The minimum atomic E-state index is -0.395. The molecule has 0 bridgehead atoms. The van der Waals surface area contributed by atoms with Crippen LogP contribution >= 0.6 is 0 Å². The Bertz CT molecular complexity index is 990. The second kappa shape index (κ2) is 10.1. The first kappa shape index (κ1) is 23.7. The molecule has 1 saturated heterocycles. The van der Waals surface area contributed by atoms with E-state index in [9.17, 15) is 9.59 Å². The number of nitrogens with one attached hydrogen (secondary N) is 1. The van der Waals surface area contributed by atoms with Gasteiger partial charge in [-0.25, -0.2) is 4.79 Å². The first-order chi connectivity index (χ1) is 15.3. The molecule has 1 N–H and O–H groups in total. The Morgan fingerprint density at radius 1 is 1.00 bits per heavy atom. The van der Waals surface area contributed by atoms with Gasteiger partial charge in [-0.3, -0.25) is 9.69 Å². The van der Waals surface area contributed by atoms with E-state index in [1.54, 1.807) is 35.0 Å². The van der Waals surface area contributed by atoms with Crippen LogP contribution in [0, 0.1) is 20.8 Å². The van der Waals surface area contributed by atoms with Gasteiger partial charge in [-0.1, -0.05) is 0 Å². The molecule has 3 rings (SSSR count). The molecule has 2 heterocycles. The zero-order valence-corrected chi connectivity index (χ0v) is 19.8. The smallest absolute Gasteiger partial charge is 0.340 e. The Labute approximate surface area is 189 Å². The van der Waals surface area contributed by atoms with E-state index in [1.165, 1.54) is 5.56 Å². The van der Waals surface area contributed by atoms with Gasteiger partial charge in [0.1, 0.15) is 5.69 Å². The summed E-state index contributed by atoms with van der Waals surface area (Å²) in [5, 5.41) is 0. The van der Waals surface area contributed by atoms with E-state index in [4.69, 9.17) is 14.2 Å². The van der Waals surface area contributed by atoms with Crippen LogP contribution in [0.4, 0.5) is 0 Å². The van der Waals surface area contributed by atoms with Gasteiger partial charge in [0.05, 0.1) is 26.4 Å². The van der Waals surface area contributed by atoms with Gasteiger partial charge in [0.2, 0.25) is 0 Å². The summed E-state index contributed by atoms with van der Waals surface area (Å²) in [7, 11) is 3.27. The normalized spacial score (nSPS) is 14.4. The van der Waals surface area contributed by atoms with Gasteiger partial charge in [-0.05, 0) is 56.5 Å². The molecule has 0 radical (unpaired) electrons. The number of hydrogen-bond donors (Lipinski definition) is 1. The van der Waals surface area contributed by atoms with Gasteiger partial charge in [-0.15, -0.1) is 0 Å². The lowest BCUT2D eigenvalue weighted by Crippen LogP contribution is -2.48. The number of nitrogens with zero attached hydrogens (tertiary/aromatic N) is 2. The Morgan fingerprint density at radius 3 is 2.22 bits per heavy atom. The Kier molecular flexibility index (Phi) is 7.45. The molecule has 1 aromatic heterocycles. The summed E-state index contributed by atoms with van der Waals surface area (Å²) >= 11 is 0. The first-order valence-corrected chi connectivity index (χ1v) is 10.9. The topological polar surface area (TPSA) is 84.1 Å². The van der Waals surface area contributed by atoms with Gasteiger partial charge in [0.25, 0.3) is 5.91 Å². The predicted molar refractivity (Wildman–Crippen MR) is 122 cm³/mol. The molecule has 1 aliphatic heterocycles. The molecule has 8 nitrogen and oxygen atoms in total. The van der Waals surface area contributed by atoms with Crippen molar-refractivity contribution in [3.05, 3.63) is 45.8 Å².